The maximum atomic E-state index is 12.9. The quantitative estimate of drug-likeness (QED) is 0.575. The maximum absolute atomic E-state index is 12.9. The molecule has 0 radical (unpaired) electrons. The largest absolute Gasteiger partial charge is 0.464 e. The molecule has 132 valence electrons. The molecule has 0 fully saturated rings. The summed E-state index contributed by atoms with van der Waals surface area (Å²) in [5.74, 6) is -0.584. The Morgan fingerprint density at radius 2 is 1.52 bits per heavy atom. The number of esters is 1. The van der Waals surface area contributed by atoms with Gasteiger partial charge >= 0.3 is 5.97 Å². The van der Waals surface area contributed by atoms with Crippen molar-refractivity contribution in [3.8, 4) is 0 Å². The van der Waals surface area contributed by atoms with Crippen LogP contribution in [0.15, 0.2) is 57.5 Å². The minimum absolute atomic E-state index is 0.162. The van der Waals surface area contributed by atoms with Gasteiger partial charge in [-0.2, -0.15) is 0 Å². The zero-order chi connectivity index (χ0) is 18.4. The highest BCUT2D eigenvalue weighted by Crippen LogP contribution is 2.22. The summed E-state index contributed by atoms with van der Waals surface area (Å²) < 4.78 is 6.95. The van der Waals surface area contributed by atoms with Crippen molar-refractivity contribution in [3.05, 3.63) is 63.0 Å². The van der Waals surface area contributed by atoms with E-state index in [1.807, 2.05) is 36.4 Å². The van der Waals surface area contributed by atoms with Gasteiger partial charge in [0.15, 0.2) is 0 Å². The fourth-order valence-electron chi connectivity index (χ4n) is 2.42. The molecule has 0 heterocycles. The Morgan fingerprint density at radius 3 is 2.04 bits per heavy atom. The van der Waals surface area contributed by atoms with Crippen LogP contribution in [-0.4, -0.2) is 24.5 Å². The van der Waals surface area contributed by atoms with Gasteiger partial charge in [0, 0.05) is 14.6 Å². The van der Waals surface area contributed by atoms with E-state index in [9.17, 15) is 9.59 Å². The highest BCUT2D eigenvalue weighted by molar-refractivity contribution is 9.10. The molecule has 0 aliphatic heterocycles. The Kier molecular flexibility index (Phi) is 7.20. The van der Waals surface area contributed by atoms with Crippen LogP contribution in [0.4, 0.5) is 5.69 Å². The molecular formula is C19H19Br2NO3. The molecule has 1 atom stereocenters. The molecule has 0 aromatic heterocycles. The predicted octanol–water partition coefficient (Wildman–Crippen LogP) is 4.74. The Hall–Kier alpha value is -1.66. The van der Waals surface area contributed by atoms with Gasteiger partial charge in [-0.05, 0) is 55.8 Å². The number of nitrogens with zero attached hydrogens (tertiary/aromatic N) is 1. The van der Waals surface area contributed by atoms with Crippen molar-refractivity contribution in [3.63, 3.8) is 0 Å². The predicted molar refractivity (Wildman–Crippen MR) is 106 cm³/mol. The summed E-state index contributed by atoms with van der Waals surface area (Å²) in [6.45, 7) is 3.70. The third-order valence-corrected chi connectivity index (χ3v) is 4.71. The summed E-state index contributed by atoms with van der Waals surface area (Å²) in [5, 5.41) is 0. The number of carbonyl (C=O) groups excluding carboxylic acids is 2. The summed E-state index contributed by atoms with van der Waals surface area (Å²) in [5.41, 5.74) is 1.54. The van der Waals surface area contributed by atoms with E-state index >= 15 is 0 Å². The van der Waals surface area contributed by atoms with Gasteiger partial charge in [-0.1, -0.05) is 44.0 Å². The smallest absolute Gasteiger partial charge is 0.328 e. The van der Waals surface area contributed by atoms with E-state index in [2.05, 4.69) is 31.9 Å². The first kappa shape index (κ1) is 19.7. The van der Waals surface area contributed by atoms with Crippen LogP contribution < -0.4 is 4.90 Å². The molecule has 2 rings (SSSR count). The van der Waals surface area contributed by atoms with Crippen LogP contribution in [0.2, 0.25) is 0 Å². The first-order valence-electron chi connectivity index (χ1n) is 7.91. The molecule has 1 amide bonds. The second kappa shape index (κ2) is 9.15. The van der Waals surface area contributed by atoms with Crippen molar-refractivity contribution >= 4 is 49.4 Å². The van der Waals surface area contributed by atoms with Gasteiger partial charge in [0.1, 0.15) is 6.04 Å². The van der Waals surface area contributed by atoms with Crippen LogP contribution in [-0.2, 0) is 20.7 Å². The fourth-order valence-corrected chi connectivity index (χ4v) is 2.94. The monoisotopic (exact) mass is 467 g/mol. The van der Waals surface area contributed by atoms with Gasteiger partial charge in [-0.15, -0.1) is 0 Å². The van der Waals surface area contributed by atoms with Crippen molar-refractivity contribution < 1.29 is 14.3 Å². The molecule has 6 heteroatoms. The molecule has 1 unspecified atom stereocenters. The minimum atomic E-state index is -0.705. The number of hydrogen-bond donors (Lipinski definition) is 0. The van der Waals surface area contributed by atoms with Gasteiger partial charge in [-0.3, -0.25) is 9.69 Å². The first-order chi connectivity index (χ1) is 11.9. The lowest BCUT2D eigenvalue weighted by Crippen LogP contribution is -2.45. The van der Waals surface area contributed by atoms with Crippen molar-refractivity contribution in [1.29, 1.82) is 0 Å². The van der Waals surface area contributed by atoms with Gasteiger partial charge in [0.25, 0.3) is 0 Å². The van der Waals surface area contributed by atoms with Crippen LogP contribution >= 0.6 is 31.9 Å². The van der Waals surface area contributed by atoms with E-state index < -0.39 is 12.0 Å². The highest BCUT2D eigenvalue weighted by Gasteiger charge is 2.28. The van der Waals surface area contributed by atoms with E-state index in [1.165, 1.54) is 4.90 Å². The topological polar surface area (TPSA) is 46.6 Å². The average molecular weight is 469 g/mol. The molecule has 0 spiro atoms. The molecule has 0 aliphatic carbocycles. The van der Waals surface area contributed by atoms with Crippen LogP contribution in [0, 0.1) is 0 Å². The van der Waals surface area contributed by atoms with E-state index in [1.54, 1.807) is 26.0 Å². The minimum Gasteiger partial charge on any atom is -0.464 e. The molecule has 0 bridgehead atoms. The Labute approximate surface area is 164 Å². The standard InChI is InChI=1S/C19H19Br2NO3/c1-3-25-19(24)13(2)22(17-10-8-16(21)9-11-17)18(23)12-14-4-6-15(20)7-5-14/h4-11,13H,3,12H2,1-2H3. The molecule has 25 heavy (non-hydrogen) atoms. The van der Waals surface area contributed by atoms with E-state index in [0.717, 1.165) is 14.5 Å². The summed E-state index contributed by atoms with van der Waals surface area (Å²) in [6.07, 6.45) is 0.201. The van der Waals surface area contributed by atoms with Crippen molar-refractivity contribution in [2.45, 2.75) is 26.3 Å². The molecule has 0 saturated carbocycles. The Balaban J connectivity index is 2.29. The van der Waals surface area contributed by atoms with Crippen molar-refractivity contribution in [1.82, 2.24) is 0 Å². The van der Waals surface area contributed by atoms with Gasteiger partial charge in [-0.25, -0.2) is 4.79 Å². The van der Waals surface area contributed by atoms with Crippen molar-refractivity contribution in [2.24, 2.45) is 0 Å². The van der Waals surface area contributed by atoms with Crippen LogP contribution in [0.25, 0.3) is 0 Å². The SMILES string of the molecule is CCOC(=O)C(C)N(C(=O)Cc1ccc(Br)cc1)c1ccc(Br)cc1. The zero-order valence-corrected chi connectivity index (χ0v) is 17.2. The zero-order valence-electron chi connectivity index (χ0n) is 14.0. The fraction of sp³-hybridized carbons (Fsp3) is 0.263. The number of benzene rings is 2. The van der Waals surface area contributed by atoms with Gasteiger partial charge in [0.2, 0.25) is 5.91 Å². The molecule has 0 N–H and O–H groups in total. The number of hydrogen-bond acceptors (Lipinski definition) is 3. The lowest BCUT2D eigenvalue weighted by atomic mass is 10.1. The van der Waals surface area contributed by atoms with E-state index in [-0.39, 0.29) is 18.9 Å². The number of carbonyl (C=O) groups is 2. The van der Waals surface area contributed by atoms with Gasteiger partial charge < -0.3 is 4.74 Å². The lowest BCUT2D eigenvalue weighted by Gasteiger charge is -2.28. The van der Waals surface area contributed by atoms with Crippen LogP contribution in [0.3, 0.4) is 0 Å². The molecule has 4 nitrogen and oxygen atoms in total. The highest BCUT2D eigenvalue weighted by atomic mass is 79.9. The third-order valence-electron chi connectivity index (χ3n) is 3.66. The summed E-state index contributed by atoms with van der Waals surface area (Å²) in [4.78, 5) is 26.6. The molecule has 2 aromatic carbocycles. The van der Waals surface area contributed by atoms with E-state index in [4.69, 9.17) is 4.74 Å². The average Bonchev–Trinajstić information content (AvgIpc) is 2.59. The van der Waals surface area contributed by atoms with Crippen molar-refractivity contribution in [2.75, 3.05) is 11.5 Å². The summed E-state index contributed by atoms with van der Waals surface area (Å²) in [7, 11) is 0. The number of anilines is 1. The molecule has 2 aromatic rings. The maximum Gasteiger partial charge on any atom is 0.328 e. The van der Waals surface area contributed by atoms with E-state index in [0.29, 0.717) is 5.69 Å². The van der Waals surface area contributed by atoms with Gasteiger partial charge in [0.05, 0.1) is 13.0 Å². The first-order valence-corrected chi connectivity index (χ1v) is 9.49. The number of rotatable bonds is 6. The summed E-state index contributed by atoms with van der Waals surface area (Å²) in [6, 6.07) is 14.1. The summed E-state index contributed by atoms with van der Waals surface area (Å²) >= 11 is 6.77. The number of ether oxygens (including phenoxy) is 1. The lowest BCUT2D eigenvalue weighted by molar-refractivity contribution is -0.145. The van der Waals surface area contributed by atoms with Crippen LogP contribution in [0.5, 0.6) is 0 Å². The second-order valence-corrected chi connectivity index (χ2v) is 7.30. The van der Waals surface area contributed by atoms with Crippen LogP contribution in [0.1, 0.15) is 19.4 Å². The normalized spacial score (nSPS) is 11.7. The number of halogens is 2. The Morgan fingerprint density at radius 1 is 1.00 bits per heavy atom. The second-order valence-electron chi connectivity index (χ2n) is 5.47. The molecule has 0 saturated heterocycles. The Bertz CT molecular complexity index is 729. The molecule has 0 aliphatic rings. The third kappa shape index (κ3) is 5.41. The number of amides is 1. The molecular weight excluding hydrogens is 450 g/mol.